The second-order valence-electron chi connectivity index (χ2n) is 4.83. The van der Waals surface area contributed by atoms with Gasteiger partial charge in [-0.3, -0.25) is 4.57 Å². The zero-order chi connectivity index (χ0) is 14.4. The molecule has 6 heteroatoms. The van der Waals surface area contributed by atoms with Crippen LogP contribution in [0.4, 0.5) is 4.39 Å². The van der Waals surface area contributed by atoms with E-state index in [1.54, 1.807) is 21.4 Å². The van der Waals surface area contributed by atoms with E-state index in [1.165, 1.54) is 6.07 Å². The van der Waals surface area contributed by atoms with Crippen LogP contribution < -0.4 is 0 Å². The van der Waals surface area contributed by atoms with Crippen LogP contribution in [-0.2, 0) is 12.9 Å². The Bertz CT molecular complexity index is 803. The van der Waals surface area contributed by atoms with Crippen LogP contribution >= 0.6 is 11.6 Å². The van der Waals surface area contributed by atoms with Crippen LogP contribution in [0.5, 0.6) is 0 Å². The van der Waals surface area contributed by atoms with Gasteiger partial charge < -0.3 is 0 Å². The van der Waals surface area contributed by atoms with E-state index in [-0.39, 0.29) is 11.7 Å². The number of aryl methyl sites for hydroxylation is 3. The molecule has 0 saturated heterocycles. The number of hydrogen-bond donors (Lipinski definition) is 0. The highest BCUT2D eigenvalue weighted by molar-refractivity contribution is 6.17. The van der Waals surface area contributed by atoms with Crippen molar-refractivity contribution in [2.45, 2.75) is 19.7 Å². The monoisotopic (exact) mass is 292 g/mol. The van der Waals surface area contributed by atoms with Crippen molar-refractivity contribution in [2.75, 3.05) is 0 Å². The minimum atomic E-state index is -0.305. The van der Waals surface area contributed by atoms with Gasteiger partial charge in [-0.05, 0) is 31.5 Å². The minimum absolute atomic E-state index is 0.210. The van der Waals surface area contributed by atoms with E-state index in [2.05, 4.69) is 10.1 Å². The number of rotatable bonds is 2. The van der Waals surface area contributed by atoms with Gasteiger partial charge >= 0.3 is 0 Å². The molecule has 0 fully saturated rings. The molecule has 0 unspecified atom stereocenters. The maximum Gasteiger partial charge on any atom is 0.163 e. The molecule has 1 aromatic carbocycles. The van der Waals surface area contributed by atoms with Gasteiger partial charge in [0.15, 0.2) is 5.65 Å². The first-order valence-electron chi connectivity index (χ1n) is 6.26. The maximum atomic E-state index is 14.2. The normalized spacial score (nSPS) is 11.4. The fourth-order valence-corrected chi connectivity index (χ4v) is 2.63. The predicted molar refractivity (Wildman–Crippen MR) is 76.8 cm³/mol. The van der Waals surface area contributed by atoms with Crippen molar-refractivity contribution in [2.24, 2.45) is 7.05 Å². The van der Waals surface area contributed by atoms with Crippen molar-refractivity contribution < 1.29 is 4.39 Å². The van der Waals surface area contributed by atoms with Crippen molar-refractivity contribution in [3.05, 3.63) is 41.1 Å². The van der Waals surface area contributed by atoms with Gasteiger partial charge in [0.05, 0.1) is 17.3 Å². The van der Waals surface area contributed by atoms with E-state index in [9.17, 15) is 4.39 Å². The zero-order valence-corrected chi connectivity index (χ0v) is 12.2. The number of aromatic nitrogens is 4. The molecule has 0 spiro atoms. The Labute approximate surface area is 120 Å². The van der Waals surface area contributed by atoms with Gasteiger partial charge in [-0.15, -0.1) is 11.6 Å². The lowest BCUT2D eigenvalue weighted by Crippen LogP contribution is -2.06. The summed E-state index contributed by atoms with van der Waals surface area (Å²) in [6.45, 7) is 3.80. The van der Waals surface area contributed by atoms with Crippen molar-refractivity contribution in [3.63, 3.8) is 0 Å². The quantitative estimate of drug-likeness (QED) is 0.680. The third-order valence-electron chi connectivity index (χ3n) is 3.33. The second kappa shape index (κ2) is 4.59. The molecule has 20 heavy (non-hydrogen) atoms. The van der Waals surface area contributed by atoms with Gasteiger partial charge in [0.2, 0.25) is 0 Å². The van der Waals surface area contributed by atoms with Gasteiger partial charge in [-0.25, -0.2) is 14.1 Å². The Morgan fingerprint density at radius 2 is 2.05 bits per heavy atom. The van der Waals surface area contributed by atoms with Crippen LogP contribution in [0.15, 0.2) is 18.2 Å². The molecule has 0 radical (unpaired) electrons. The van der Waals surface area contributed by atoms with Crippen LogP contribution in [0, 0.1) is 19.7 Å². The van der Waals surface area contributed by atoms with Crippen molar-refractivity contribution >= 4 is 22.8 Å². The van der Waals surface area contributed by atoms with Crippen molar-refractivity contribution in [3.8, 4) is 5.69 Å². The standard InChI is InChI=1S/C14H14ClFN4/c1-8-4-5-10(16)11(6-8)20-12(7-15)17-13-9(2)18-19(3)14(13)20/h4-6H,7H2,1-3H3. The van der Waals surface area contributed by atoms with Crippen LogP contribution in [0.2, 0.25) is 0 Å². The Hall–Kier alpha value is -1.88. The second-order valence-corrected chi connectivity index (χ2v) is 5.10. The fourth-order valence-electron chi connectivity index (χ4n) is 2.45. The highest BCUT2D eigenvalue weighted by Gasteiger charge is 2.20. The van der Waals surface area contributed by atoms with E-state index < -0.39 is 0 Å². The molecular formula is C14H14ClFN4. The van der Waals surface area contributed by atoms with Crippen molar-refractivity contribution in [1.29, 1.82) is 0 Å². The Morgan fingerprint density at radius 3 is 2.75 bits per heavy atom. The molecule has 2 heterocycles. The van der Waals surface area contributed by atoms with E-state index in [1.807, 2.05) is 20.9 Å². The van der Waals surface area contributed by atoms with Gasteiger partial charge in [0, 0.05) is 7.05 Å². The van der Waals surface area contributed by atoms with Gasteiger partial charge in [-0.2, -0.15) is 5.10 Å². The van der Waals surface area contributed by atoms with Crippen LogP contribution in [-0.4, -0.2) is 19.3 Å². The van der Waals surface area contributed by atoms with Crippen molar-refractivity contribution in [1.82, 2.24) is 19.3 Å². The van der Waals surface area contributed by atoms with E-state index in [0.717, 1.165) is 22.4 Å². The predicted octanol–water partition coefficient (Wildman–Crippen LogP) is 3.25. The first kappa shape index (κ1) is 13.1. The Balaban J connectivity index is 2.42. The summed E-state index contributed by atoms with van der Waals surface area (Å²) in [7, 11) is 1.82. The maximum absolute atomic E-state index is 14.2. The van der Waals surface area contributed by atoms with E-state index in [4.69, 9.17) is 11.6 Å². The third kappa shape index (κ3) is 1.81. The first-order valence-corrected chi connectivity index (χ1v) is 6.79. The number of alkyl halides is 1. The minimum Gasteiger partial charge on any atom is -0.277 e. The van der Waals surface area contributed by atoms with Crippen LogP contribution in [0.1, 0.15) is 17.1 Å². The summed E-state index contributed by atoms with van der Waals surface area (Å²) < 4.78 is 17.6. The van der Waals surface area contributed by atoms with E-state index >= 15 is 0 Å². The number of fused-ring (bicyclic) bond motifs is 1. The molecule has 0 N–H and O–H groups in total. The Morgan fingerprint density at radius 1 is 1.30 bits per heavy atom. The summed E-state index contributed by atoms with van der Waals surface area (Å²) in [5.74, 6) is 0.518. The van der Waals surface area contributed by atoms with Crippen LogP contribution in [0.3, 0.4) is 0 Å². The Kier molecular flexibility index (Phi) is 3.01. The summed E-state index contributed by atoms with van der Waals surface area (Å²) in [5, 5.41) is 4.33. The van der Waals surface area contributed by atoms with E-state index in [0.29, 0.717) is 11.5 Å². The summed E-state index contributed by atoms with van der Waals surface area (Å²) in [6.07, 6.45) is 0. The average molecular weight is 293 g/mol. The summed E-state index contributed by atoms with van der Waals surface area (Å²) in [6, 6.07) is 4.98. The molecule has 0 atom stereocenters. The molecule has 0 saturated carbocycles. The number of imidazole rings is 1. The third-order valence-corrected chi connectivity index (χ3v) is 3.57. The molecule has 2 aromatic heterocycles. The molecule has 3 rings (SSSR count). The molecule has 0 bridgehead atoms. The molecule has 3 aromatic rings. The first-order chi connectivity index (χ1) is 9.52. The smallest absolute Gasteiger partial charge is 0.163 e. The largest absolute Gasteiger partial charge is 0.277 e. The molecule has 0 aliphatic carbocycles. The summed E-state index contributed by atoms with van der Waals surface area (Å²) in [4.78, 5) is 4.48. The summed E-state index contributed by atoms with van der Waals surface area (Å²) >= 11 is 5.97. The number of nitrogens with zero attached hydrogens (tertiary/aromatic N) is 4. The molecule has 0 aliphatic heterocycles. The highest BCUT2D eigenvalue weighted by Crippen LogP contribution is 2.26. The number of hydrogen-bond acceptors (Lipinski definition) is 2. The lowest BCUT2D eigenvalue weighted by atomic mass is 10.2. The SMILES string of the molecule is Cc1ccc(F)c(-n2c(CCl)nc3c(C)nn(C)c32)c1. The summed E-state index contributed by atoms with van der Waals surface area (Å²) in [5.41, 5.74) is 3.74. The molecule has 0 amide bonds. The lowest BCUT2D eigenvalue weighted by Gasteiger charge is -2.10. The molecule has 0 aliphatic rings. The van der Waals surface area contributed by atoms with Gasteiger partial charge in [0.1, 0.15) is 17.2 Å². The lowest BCUT2D eigenvalue weighted by molar-refractivity contribution is 0.615. The topological polar surface area (TPSA) is 35.6 Å². The average Bonchev–Trinajstić information content (AvgIpc) is 2.92. The van der Waals surface area contributed by atoms with Crippen LogP contribution in [0.25, 0.3) is 16.9 Å². The highest BCUT2D eigenvalue weighted by atomic mass is 35.5. The fraction of sp³-hybridized carbons (Fsp3) is 0.286. The van der Waals surface area contributed by atoms with Gasteiger partial charge in [0.25, 0.3) is 0 Å². The molecular weight excluding hydrogens is 279 g/mol. The number of benzene rings is 1. The molecule has 104 valence electrons. The zero-order valence-electron chi connectivity index (χ0n) is 11.5. The van der Waals surface area contributed by atoms with Gasteiger partial charge in [-0.1, -0.05) is 6.07 Å². The number of halogens is 2. The molecule has 4 nitrogen and oxygen atoms in total.